The first-order valence-electron chi connectivity index (χ1n) is 9.63. The molecule has 1 unspecified atom stereocenters. The maximum atomic E-state index is 14.5. The van der Waals surface area contributed by atoms with E-state index in [9.17, 15) is 9.18 Å². The number of hydrogen-bond acceptors (Lipinski definition) is 6. The van der Waals surface area contributed by atoms with Crippen LogP contribution in [0.3, 0.4) is 0 Å². The average Bonchev–Trinajstić information content (AvgIpc) is 3.43. The standard InChI is InChI=1S/C23H20FN3O3S/c1-15(19-12-13-20(30-19)22(28)29-2)31-23-26-25-21(17-10-6-7-11-18(17)24)27(23)14-16-8-4-3-5-9-16/h3-13,15H,14H2,1-2H3. The predicted molar refractivity (Wildman–Crippen MR) is 115 cm³/mol. The third-order valence-electron chi connectivity index (χ3n) is 4.71. The Labute approximate surface area is 183 Å². The van der Waals surface area contributed by atoms with Crippen LogP contribution in [-0.2, 0) is 11.3 Å². The fourth-order valence-electron chi connectivity index (χ4n) is 3.12. The highest BCUT2D eigenvalue weighted by Crippen LogP contribution is 2.37. The molecule has 0 saturated carbocycles. The number of benzene rings is 2. The van der Waals surface area contributed by atoms with E-state index in [1.54, 1.807) is 30.3 Å². The number of halogens is 1. The summed E-state index contributed by atoms with van der Waals surface area (Å²) in [7, 11) is 1.30. The molecule has 2 heterocycles. The maximum absolute atomic E-state index is 14.5. The molecule has 0 aliphatic heterocycles. The number of thioether (sulfide) groups is 1. The van der Waals surface area contributed by atoms with E-state index in [0.717, 1.165) is 5.56 Å². The molecule has 8 heteroatoms. The first kappa shape index (κ1) is 20.9. The van der Waals surface area contributed by atoms with Crippen molar-refractivity contribution in [3.63, 3.8) is 0 Å². The second kappa shape index (κ2) is 9.18. The topological polar surface area (TPSA) is 70.2 Å². The van der Waals surface area contributed by atoms with E-state index >= 15 is 0 Å². The minimum Gasteiger partial charge on any atom is -0.463 e. The number of esters is 1. The Bertz CT molecular complexity index is 1190. The molecule has 0 fully saturated rings. The molecule has 158 valence electrons. The second-order valence-corrected chi connectivity index (χ2v) is 8.12. The summed E-state index contributed by atoms with van der Waals surface area (Å²) < 4.78 is 26.7. The summed E-state index contributed by atoms with van der Waals surface area (Å²) in [5, 5.41) is 9.07. The van der Waals surface area contributed by atoms with Crippen molar-refractivity contribution in [2.75, 3.05) is 7.11 Å². The highest BCUT2D eigenvalue weighted by molar-refractivity contribution is 7.99. The number of nitrogens with zero attached hydrogens (tertiary/aromatic N) is 3. The Morgan fingerprint density at radius 2 is 1.84 bits per heavy atom. The summed E-state index contributed by atoms with van der Waals surface area (Å²) in [6.45, 7) is 2.42. The smallest absolute Gasteiger partial charge is 0.373 e. The molecule has 0 spiro atoms. The van der Waals surface area contributed by atoms with Crippen molar-refractivity contribution >= 4 is 17.7 Å². The fraction of sp³-hybridized carbons (Fsp3) is 0.174. The van der Waals surface area contributed by atoms with Gasteiger partial charge in [0, 0.05) is 0 Å². The van der Waals surface area contributed by atoms with Gasteiger partial charge < -0.3 is 9.15 Å². The number of aromatic nitrogens is 3. The molecule has 0 amide bonds. The van der Waals surface area contributed by atoms with Gasteiger partial charge in [-0.3, -0.25) is 4.57 Å². The van der Waals surface area contributed by atoms with Crippen LogP contribution in [0.4, 0.5) is 4.39 Å². The summed E-state index contributed by atoms with van der Waals surface area (Å²) in [4.78, 5) is 11.7. The van der Waals surface area contributed by atoms with E-state index < -0.39 is 5.97 Å². The van der Waals surface area contributed by atoms with Gasteiger partial charge in [-0.2, -0.15) is 0 Å². The zero-order valence-corrected chi connectivity index (χ0v) is 17.8. The normalized spacial score (nSPS) is 12.0. The van der Waals surface area contributed by atoms with Gasteiger partial charge in [0.05, 0.1) is 24.5 Å². The number of carbonyl (C=O) groups is 1. The minimum absolute atomic E-state index is 0.141. The zero-order valence-electron chi connectivity index (χ0n) is 17.0. The van der Waals surface area contributed by atoms with Crippen LogP contribution in [0.1, 0.15) is 34.1 Å². The molecule has 0 radical (unpaired) electrons. The van der Waals surface area contributed by atoms with Gasteiger partial charge in [0.15, 0.2) is 11.0 Å². The lowest BCUT2D eigenvalue weighted by Crippen LogP contribution is -2.05. The van der Waals surface area contributed by atoms with Crippen LogP contribution in [0.2, 0.25) is 0 Å². The lowest BCUT2D eigenvalue weighted by atomic mass is 10.2. The molecule has 4 rings (SSSR count). The van der Waals surface area contributed by atoms with Crippen LogP contribution >= 0.6 is 11.8 Å². The molecule has 6 nitrogen and oxygen atoms in total. The van der Waals surface area contributed by atoms with Gasteiger partial charge >= 0.3 is 5.97 Å². The third kappa shape index (κ3) is 4.54. The Morgan fingerprint density at radius 1 is 1.10 bits per heavy atom. The summed E-state index contributed by atoms with van der Waals surface area (Å²) in [5.74, 6) is 0.307. The van der Waals surface area contributed by atoms with Crippen molar-refractivity contribution in [3.05, 3.63) is 89.6 Å². The summed E-state index contributed by atoms with van der Waals surface area (Å²) in [6.07, 6.45) is 0. The van der Waals surface area contributed by atoms with Gasteiger partial charge in [-0.05, 0) is 36.8 Å². The molecule has 0 aliphatic carbocycles. The maximum Gasteiger partial charge on any atom is 0.373 e. The van der Waals surface area contributed by atoms with Gasteiger partial charge in [0.2, 0.25) is 5.76 Å². The van der Waals surface area contributed by atoms with E-state index in [2.05, 4.69) is 10.2 Å². The number of methoxy groups -OCH3 is 1. The van der Waals surface area contributed by atoms with Crippen LogP contribution in [0.5, 0.6) is 0 Å². The van der Waals surface area contributed by atoms with Gasteiger partial charge in [-0.1, -0.05) is 54.2 Å². The highest BCUT2D eigenvalue weighted by Gasteiger charge is 2.22. The Balaban J connectivity index is 1.68. The van der Waals surface area contributed by atoms with Crippen LogP contribution in [0.25, 0.3) is 11.4 Å². The molecule has 0 saturated heterocycles. The number of furan rings is 1. The first-order chi connectivity index (χ1) is 15.1. The van der Waals surface area contributed by atoms with Crippen LogP contribution in [0.15, 0.2) is 76.3 Å². The van der Waals surface area contributed by atoms with E-state index in [4.69, 9.17) is 9.15 Å². The van der Waals surface area contributed by atoms with E-state index in [1.807, 2.05) is 41.8 Å². The minimum atomic E-state index is -0.530. The molecular formula is C23H20FN3O3S. The monoisotopic (exact) mass is 437 g/mol. The van der Waals surface area contributed by atoms with Gasteiger partial charge in [0.25, 0.3) is 0 Å². The van der Waals surface area contributed by atoms with E-state index in [1.165, 1.54) is 24.9 Å². The van der Waals surface area contributed by atoms with Crippen molar-refractivity contribution in [3.8, 4) is 11.4 Å². The van der Waals surface area contributed by atoms with Crippen LogP contribution in [-0.4, -0.2) is 27.8 Å². The number of rotatable bonds is 7. The molecule has 1 atom stereocenters. The largest absolute Gasteiger partial charge is 0.463 e. The van der Waals surface area contributed by atoms with Gasteiger partial charge in [0.1, 0.15) is 11.6 Å². The molecule has 0 N–H and O–H groups in total. The molecule has 2 aromatic heterocycles. The zero-order chi connectivity index (χ0) is 21.8. The number of ether oxygens (including phenoxy) is 1. The molecular weight excluding hydrogens is 417 g/mol. The highest BCUT2D eigenvalue weighted by atomic mass is 32.2. The molecule has 31 heavy (non-hydrogen) atoms. The number of carbonyl (C=O) groups excluding carboxylic acids is 1. The second-order valence-electron chi connectivity index (χ2n) is 6.81. The van der Waals surface area contributed by atoms with Crippen molar-refractivity contribution in [2.24, 2.45) is 0 Å². The SMILES string of the molecule is COC(=O)c1ccc(C(C)Sc2nnc(-c3ccccc3F)n2Cc2ccccc2)o1. The molecule has 2 aromatic carbocycles. The first-order valence-corrected chi connectivity index (χ1v) is 10.5. The van der Waals surface area contributed by atoms with Crippen LogP contribution < -0.4 is 0 Å². The van der Waals surface area contributed by atoms with Gasteiger partial charge in [-0.15, -0.1) is 10.2 Å². The lowest BCUT2D eigenvalue weighted by molar-refractivity contribution is 0.0563. The lowest BCUT2D eigenvalue weighted by Gasteiger charge is -2.13. The summed E-state index contributed by atoms with van der Waals surface area (Å²) >= 11 is 1.42. The third-order valence-corrected chi connectivity index (χ3v) is 5.81. The Hall–Kier alpha value is -3.39. The predicted octanol–water partition coefficient (Wildman–Crippen LogP) is 5.37. The average molecular weight is 437 g/mol. The van der Waals surface area contributed by atoms with Crippen LogP contribution in [0, 0.1) is 5.82 Å². The fourth-order valence-corrected chi connectivity index (χ4v) is 4.05. The van der Waals surface area contributed by atoms with Crippen molar-refractivity contribution in [1.82, 2.24) is 14.8 Å². The molecule has 0 aliphatic rings. The van der Waals surface area contributed by atoms with Crippen molar-refractivity contribution in [2.45, 2.75) is 23.9 Å². The molecule has 4 aromatic rings. The number of hydrogen-bond donors (Lipinski definition) is 0. The Kier molecular flexibility index (Phi) is 6.18. The van der Waals surface area contributed by atoms with Gasteiger partial charge in [-0.25, -0.2) is 9.18 Å². The Morgan fingerprint density at radius 3 is 2.58 bits per heavy atom. The van der Waals surface area contributed by atoms with E-state index in [0.29, 0.717) is 28.8 Å². The molecule has 0 bridgehead atoms. The summed E-state index contributed by atoms with van der Waals surface area (Å²) in [6, 6.07) is 19.7. The van der Waals surface area contributed by atoms with E-state index in [-0.39, 0.29) is 16.8 Å². The quantitative estimate of drug-likeness (QED) is 0.286. The van der Waals surface area contributed by atoms with Crippen molar-refractivity contribution < 1.29 is 18.3 Å². The van der Waals surface area contributed by atoms with Crippen molar-refractivity contribution in [1.29, 1.82) is 0 Å². The summed E-state index contributed by atoms with van der Waals surface area (Å²) in [5.41, 5.74) is 1.43.